The van der Waals surface area contributed by atoms with Gasteiger partial charge in [-0.2, -0.15) is 4.98 Å². The fraction of sp³-hybridized carbons (Fsp3) is 0.267. The minimum Gasteiger partial charge on any atom is -0.493 e. The number of para-hydroxylation sites is 1. The molecule has 0 spiro atoms. The first kappa shape index (κ1) is 27.4. The van der Waals surface area contributed by atoms with Crippen molar-refractivity contribution in [1.82, 2.24) is 9.55 Å². The van der Waals surface area contributed by atoms with E-state index in [0.717, 1.165) is 21.3 Å². The number of hydrogen-bond acceptors (Lipinski definition) is 9. The van der Waals surface area contributed by atoms with Crippen molar-refractivity contribution < 1.29 is 29.5 Å². The van der Waals surface area contributed by atoms with Crippen LogP contribution in [0.25, 0.3) is 0 Å². The molecule has 0 unspecified atom stereocenters. The van der Waals surface area contributed by atoms with Gasteiger partial charge in [0.15, 0.2) is 17.7 Å². The molecule has 1 aliphatic rings. The molecule has 1 saturated heterocycles. The zero-order chi connectivity index (χ0) is 28.3. The molecule has 4 aromatic rings. The molecule has 4 N–H and O–H groups in total. The molecule has 0 aliphatic carbocycles. The fourth-order valence-electron chi connectivity index (χ4n) is 5.23. The van der Waals surface area contributed by atoms with Crippen LogP contribution in [0.2, 0.25) is 0 Å². The number of benzene rings is 3. The second-order valence-electron chi connectivity index (χ2n) is 9.38. The minimum absolute atomic E-state index is 0.241. The Morgan fingerprint density at radius 3 is 2.08 bits per heavy atom. The largest absolute Gasteiger partial charge is 0.493 e. The van der Waals surface area contributed by atoms with E-state index in [-0.39, 0.29) is 5.82 Å². The van der Waals surface area contributed by atoms with Gasteiger partial charge in [0, 0.05) is 11.8 Å². The zero-order valence-electron chi connectivity index (χ0n) is 22.0. The summed E-state index contributed by atoms with van der Waals surface area (Å²) in [6.45, 7) is -0.504. The van der Waals surface area contributed by atoms with E-state index in [1.807, 2.05) is 78.9 Å². The average Bonchev–Trinajstić information content (AvgIpc) is 3.29. The molecule has 208 valence electrons. The lowest BCUT2D eigenvalue weighted by atomic mass is 9.76. The maximum Gasteiger partial charge on any atom is 0.351 e. The summed E-state index contributed by atoms with van der Waals surface area (Å²) in [5.74, 6) is 1.28. The monoisotopic (exact) mass is 545 g/mol. The summed E-state index contributed by atoms with van der Waals surface area (Å²) >= 11 is 0. The van der Waals surface area contributed by atoms with Gasteiger partial charge in [-0.15, -0.1) is 0 Å². The van der Waals surface area contributed by atoms with Gasteiger partial charge in [0.2, 0.25) is 0 Å². The predicted molar refractivity (Wildman–Crippen MR) is 147 cm³/mol. The van der Waals surface area contributed by atoms with Crippen LogP contribution >= 0.6 is 0 Å². The van der Waals surface area contributed by atoms with Gasteiger partial charge in [0.25, 0.3) is 0 Å². The first-order valence-electron chi connectivity index (χ1n) is 12.8. The van der Waals surface area contributed by atoms with Crippen molar-refractivity contribution in [3.63, 3.8) is 0 Å². The quantitative estimate of drug-likeness (QED) is 0.234. The van der Waals surface area contributed by atoms with Gasteiger partial charge < -0.3 is 34.8 Å². The number of aliphatic hydroxyl groups is 3. The van der Waals surface area contributed by atoms with E-state index in [1.54, 1.807) is 20.3 Å². The molecule has 4 atom stereocenters. The highest BCUT2D eigenvalue weighted by molar-refractivity contribution is 5.64. The highest BCUT2D eigenvalue weighted by Gasteiger charge is 2.44. The molecule has 40 heavy (non-hydrogen) atoms. The van der Waals surface area contributed by atoms with E-state index in [0.29, 0.717) is 11.5 Å². The first-order chi connectivity index (χ1) is 19.4. The van der Waals surface area contributed by atoms with Crippen LogP contribution in [0.4, 0.5) is 5.82 Å². The summed E-state index contributed by atoms with van der Waals surface area (Å²) in [5, 5.41) is 33.5. The van der Waals surface area contributed by atoms with Crippen molar-refractivity contribution in [3.05, 3.63) is 118 Å². The van der Waals surface area contributed by atoms with Gasteiger partial charge in [0.05, 0.1) is 20.8 Å². The van der Waals surface area contributed by atoms with E-state index in [2.05, 4.69) is 10.3 Å². The van der Waals surface area contributed by atoms with Crippen LogP contribution in [0.5, 0.6) is 11.5 Å². The number of aromatic nitrogens is 2. The minimum atomic E-state index is -1.41. The van der Waals surface area contributed by atoms with Crippen LogP contribution < -0.4 is 20.5 Å². The Morgan fingerprint density at radius 1 is 0.900 bits per heavy atom. The standard InChI is InChI=1S/C30H31N3O7/c1-38-22-15-9-14-21(27(22)39-2)30(19-10-5-3-6-11-19,20-12-7-4-8-13-20)32-24-16-17-33(29(37)31-24)28-26(36)25(35)23(18-34)40-28/h3-17,23,25-26,28,34-36H,18H2,1-2H3,(H,31,32,37)/t23-,25-,26+,28-/m1/s1. The van der Waals surface area contributed by atoms with Crippen molar-refractivity contribution >= 4 is 5.82 Å². The van der Waals surface area contributed by atoms with Crippen molar-refractivity contribution in [2.24, 2.45) is 0 Å². The maximum atomic E-state index is 13.2. The number of nitrogens with one attached hydrogen (secondary N) is 1. The summed E-state index contributed by atoms with van der Waals surface area (Å²) in [4.78, 5) is 17.5. The molecule has 0 saturated carbocycles. The van der Waals surface area contributed by atoms with Gasteiger partial charge in [-0.1, -0.05) is 72.8 Å². The molecule has 0 bridgehead atoms. The second kappa shape index (κ2) is 11.5. The lowest BCUT2D eigenvalue weighted by Gasteiger charge is -2.38. The molecular formula is C30H31N3O7. The van der Waals surface area contributed by atoms with Gasteiger partial charge in [0.1, 0.15) is 29.7 Å². The lowest BCUT2D eigenvalue weighted by molar-refractivity contribution is -0.0549. The second-order valence-corrected chi connectivity index (χ2v) is 9.38. The molecule has 10 nitrogen and oxygen atoms in total. The highest BCUT2D eigenvalue weighted by atomic mass is 16.6. The highest BCUT2D eigenvalue weighted by Crippen LogP contribution is 2.46. The number of hydrogen-bond donors (Lipinski definition) is 4. The molecule has 2 heterocycles. The van der Waals surface area contributed by atoms with Crippen LogP contribution in [0.3, 0.4) is 0 Å². The summed E-state index contributed by atoms with van der Waals surface area (Å²) in [6, 6.07) is 26.6. The topological polar surface area (TPSA) is 135 Å². The molecule has 10 heteroatoms. The van der Waals surface area contributed by atoms with E-state index in [9.17, 15) is 20.1 Å². The Balaban J connectivity index is 1.69. The summed E-state index contributed by atoms with van der Waals surface area (Å²) in [5.41, 5.74) is 0.619. The fourth-order valence-corrected chi connectivity index (χ4v) is 5.23. The molecule has 5 rings (SSSR count). The van der Waals surface area contributed by atoms with Crippen LogP contribution in [0.15, 0.2) is 95.9 Å². The molecule has 1 aliphatic heterocycles. The third-order valence-corrected chi connectivity index (χ3v) is 7.16. The molecule has 1 aromatic heterocycles. The Labute approximate surface area is 231 Å². The van der Waals surface area contributed by atoms with Crippen LogP contribution in [-0.4, -0.2) is 64.0 Å². The van der Waals surface area contributed by atoms with Crippen LogP contribution in [0.1, 0.15) is 22.9 Å². The van der Waals surface area contributed by atoms with E-state index in [4.69, 9.17) is 14.2 Å². The smallest absolute Gasteiger partial charge is 0.351 e. The maximum absolute atomic E-state index is 13.2. The lowest BCUT2D eigenvalue weighted by Crippen LogP contribution is -2.40. The van der Waals surface area contributed by atoms with Crippen LogP contribution in [0, 0.1) is 0 Å². The molecule has 3 aromatic carbocycles. The summed E-state index contributed by atoms with van der Waals surface area (Å²) < 4.78 is 18.1. The van der Waals surface area contributed by atoms with E-state index in [1.165, 1.54) is 6.20 Å². The van der Waals surface area contributed by atoms with Gasteiger partial charge in [-0.05, 0) is 23.3 Å². The summed E-state index contributed by atoms with van der Waals surface area (Å²) in [7, 11) is 3.14. The normalized spacial score (nSPS) is 20.7. The Bertz CT molecular complexity index is 1460. The van der Waals surface area contributed by atoms with Crippen molar-refractivity contribution in [1.29, 1.82) is 0 Å². The zero-order valence-corrected chi connectivity index (χ0v) is 22.0. The molecule has 1 fully saturated rings. The number of anilines is 1. The number of nitrogens with zero attached hydrogens (tertiary/aromatic N) is 2. The number of aliphatic hydroxyl groups excluding tert-OH is 3. The third kappa shape index (κ3) is 4.71. The van der Waals surface area contributed by atoms with Crippen molar-refractivity contribution in [2.75, 3.05) is 26.1 Å². The number of methoxy groups -OCH3 is 2. The Kier molecular flexibility index (Phi) is 7.85. The molecular weight excluding hydrogens is 514 g/mol. The predicted octanol–water partition coefficient (Wildman–Crippen LogP) is 2.28. The van der Waals surface area contributed by atoms with E-state index < -0.39 is 42.4 Å². The Hall–Kier alpha value is -4.22. The first-order valence-corrected chi connectivity index (χ1v) is 12.8. The third-order valence-electron chi connectivity index (χ3n) is 7.16. The summed E-state index contributed by atoms with van der Waals surface area (Å²) in [6.07, 6.45) is -3.54. The van der Waals surface area contributed by atoms with Crippen molar-refractivity contribution in [3.8, 4) is 11.5 Å². The average molecular weight is 546 g/mol. The molecule has 0 amide bonds. The van der Waals surface area contributed by atoms with E-state index >= 15 is 0 Å². The number of rotatable bonds is 9. The molecule has 0 radical (unpaired) electrons. The van der Waals surface area contributed by atoms with Gasteiger partial charge in [-0.3, -0.25) is 4.57 Å². The Morgan fingerprint density at radius 2 is 1.55 bits per heavy atom. The number of ether oxygens (including phenoxy) is 3. The SMILES string of the molecule is COc1cccc(C(Nc2ccn([C@@H]3O[C@H](CO)[C@@H](O)[C@@H]3O)c(=O)n2)(c2ccccc2)c2ccccc2)c1OC. The van der Waals surface area contributed by atoms with Crippen LogP contribution in [-0.2, 0) is 10.3 Å². The van der Waals surface area contributed by atoms with Crippen molar-refractivity contribution in [2.45, 2.75) is 30.1 Å². The van der Waals surface area contributed by atoms with Gasteiger partial charge >= 0.3 is 5.69 Å². The van der Waals surface area contributed by atoms with Gasteiger partial charge in [-0.25, -0.2) is 4.79 Å².